The summed E-state index contributed by atoms with van der Waals surface area (Å²) in [6.45, 7) is 0.179. The molecule has 0 saturated carbocycles. The maximum absolute atomic E-state index is 13.5. The Morgan fingerprint density at radius 2 is 1.62 bits per heavy atom. The van der Waals surface area contributed by atoms with Crippen LogP contribution in [0.2, 0.25) is 0 Å². The summed E-state index contributed by atoms with van der Waals surface area (Å²) < 4.78 is 28.6. The molecule has 11 nitrogen and oxygen atoms in total. The molecule has 0 radical (unpaired) electrons. The minimum atomic E-state index is -4.16. The maximum atomic E-state index is 13.5. The average Bonchev–Trinajstić information content (AvgIpc) is 3.52. The highest BCUT2D eigenvalue weighted by Gasteiger charge is 2.30. The summed E-state index contributed by atoms with van der Waals surface area (Å²) in [6, 6.07) is 5.58. The molecule has 0 unspecified atom stereocenters. The number of unbranched alkanes of at least 4 members (excludes halogenated alkanes) is 1. The molecule has 0 spiro atoms. The molecule has 2 aromatic rings. The SMILES string of the molecule is O=C(O)NCCCC[C@H](NS(=O)(=O)c1ccc([N+](=O)[O-])cc1)C(=O)Nc1c2c(cc3c1CCC3)CCC2. The maximum Gasteiger partial charge on any atom is 0.404 e. The van der Waals surface area contributed by atoms with Crippen molar-refractivity contribution in [3.8, 4) is 0 Å². The van der Waals surface area contributed by atoms with E-state index < -0.39 is 33.0 Å². The number of nitro groups is 1. The van der Waals surface area contributed by atoms with Gasteiger partial charge in [0, 0.05) is 24.4 Å². The number of hydrogen-bond donors (Lipinski definition) is 4. The van der Waals surface area contributed by atoms with Crippen molar-refractivity contribution in [1.82, 2.24) is 10.0 Å². The van der Waals surface area contributed by atoms with Gasteiger partial charge in [0.25, 0.3) is 5.69 Å². The van der Waals surface area contributed by atoms with Crippen LogP contribution in [0.4, 0.5) is 16.2 Å². The second kappa shape index (κ2) is 11.3. The van der Waals surface area contributed by atoms with E-state index >= 15 is 0 Å². The number of sulfonamides is 1. The summed E-state index contributed by atoms with van der Waals surface area (Å²) in [6.07, 6.45) is 5.46. The lowest BCUT2D eigenvalue weighted by molar-refractivity contribution is -0.384. The number of nitrogens with zero attached hydrogens (tertiary/aromatic N) is 1. The predicted molar refractivity (Wildman–Crippen MR) is 136 cm³/mol. The molecule has 4 rings (SSSR count). The van der Waals surface area contributed by atoms with Crippen LogP contribution in [0.5, 0.6) is 0 Å². The number of nitro benzene ring substituents is 1. The van der Waals surface area contributed by atoms with E-state index in [1.54, 1.807) is 0 Å². The molecular weight excluding hydrogens is 500 g/mol. The highest BCUT2D eigenvalue weighted by atomic mass is 32.2. The van der Waals surface area contributed by atoms with Gasteiger partial charge in [0.1, 0.15) is 6.04 Å². The molecule has 0 fully saturated rings. The molecule has 0 heterocycles. The number of anilines is 1. The lowest BCUT2D eigenvalue weighted by Gasteiger charge is -2.21. The van der Waals surface area contributed by atoms with Gasteiger partial charge in [0.15, 0.2) is 0 Å². The molecule has 0 aromatic heterocycles. The molecule has 0 bridgehead atoms. The third-order valence-electron chi connectivity index (χ3n) is 6.89. The Hall–Kier alpha value is -3.51. The lowest BCUT2D eigenvalue weighted by Crippen LogP contribution is -2.44. The molecule has 37 heavy (non-hydrogen) atoms. The van der Waals surface area contributed by atoms with Gasteiger partial charge in [0.2, 0.25) is 15.9 Å². The molecular formula is C25H30N4O7S. The highest BCUT2D eigenvalue weighted by Crippen LogP contribution is 2.38. The lowest BCUT2D eigenvalue weighted by atomic mass is 9.98. The molecule has 0 saturated heterocycles. The molecule has 2 aromatic carbocycles. The van der Waals surface area contributed by atoms with E-state index in [2.05, 4.69) is 21.4 Å². The first-order valence-corrected chi connectivity index (χ1v) is 13.8. The zero-order chi connectivity index (χ0) is 26.6. The zero-order valence-electron chi connectivity index (χ0n) is 20.3. The van der Waals surface area contributed by atoms with Gasteiger partial charge in [-0.2, -0.15) is 4.72 Å². The number of rotatable bonds is 11. The first-order valence-electron chi connectivity index (χ1n) is 12.4. The van der Waals surface area contributed by atoms with E-state index in [1.165, 1.54) is 11.1 Å². The van der Waals surface area contributed by atoms with Crippen molar-refractivity contribution in [1.29, 1.82) is 0 Å². The molecule has 2 aliphatic carbocycles. The van der Waals surface area contributed by atoms with E-state index in [9.17, 15) is 28.1 Å². The van der Waals surface area contributed by atoms with Gasteiger partial charge in [-0.3, -0.25) is 14.9 Å². The van der Waals surface area contributed by atoms with Gasteiger partial charge in [-0.05, 0) is 92.2 Å². The fourth-order valence-corrected chi connectivity index (χ4v) is 6.32. The van der Waals surface area contributed by atoms with Crippen LogP contribution >= 0.6 is 0 Å². The largest absolute Gasteiger partial charge is 0.465 e. The second-order valence-corrected chi connectivity index (χ2v) is 11.1. The number of fused-ring (bicyclic) bond motifs is 2. The van der Waals surface area contributed by atoms with Gasteiger partial charge >= 0.3 is 6.09 Å². The Kier molecular flexibility index (Phi) is 8.08. The molecule has 0 aliphatic heterocycles. The van der Waals surface area contributed by atoms with Crippen LogP contribution in [0, 0.1) is 10.1 Å². The van der Waals surface area contributed by atoms with Crippen molar-refractivity contribution in [3.05, 3.63) is 62.7 Å². The summed E-state index contributed by atoms with van der Waals surface area (Å²) in [5, 5.41) is 25.0. The molecule has 2 amide bonds. The third-order valence-corrected chi connectivity index (χ3v) is 8.38. The van der Waals surface area contributed by atoms with E-state index in [0.29, 0.717) is 12.8 Å². The molecule has 4 N–H and O–H groups in total. The number of non-ortho nitro benzene ring substituents is 1. The quantitative estimate of drug-likeness (QED) is 0.196. The number of benzene rings is 2. The number of nitrogens with one attached hydrogen (secondary N) is 3. The number of aryl methyl sites for hydroxylation is 2. The molecule has 2 aliphatic rings. The van der Waals surface area contributed by atoms with Crippen molar-refractivity contribution in [3.63, 3.8) is 0 Å². The van der Waals surface area contributed by atoms with Crippen LogP contribution < -0.4 is 15.4 Å². The highest BCUT2D eigenvalue weighted by molar-refractivity contribution is 7.89. The zero-order valence-corrected chi connectivity index (χ0v) is 21.1. The van der Waals surface area contributed by atoms with Crippen LogP contribution in [-0.4, -0.2) is 43.0 Å². The van der Waals surface area contributed by atoms with Crippen LogP contribution in [-0.2, 0) is 40.5 Å². The van der Waals surface area contributed by atoms with Crippen LogP contribution in [0.15, 0.2) is 35.2 Å². The Bertz CT molecular complexity index is 1280. The third kappa shape index (κ3) is 6.25. The van der Waals surface area contributed by atoms with E-state index in [-0.39, 0.29) is 23.5 Å². The van der Waals surface area contributed by atoms with Gasteiger partial charge in [0.05, 0.1) is 9.82 Å². The summed E-state index contributed by atoms with van der Waals surface area (Å²) in [5.74, 6) is -0.480. The average molecular weight is 531 g/mol. The number of amides is 2. The van der Waals surface area contributed by atoms with Crippen molar-refractivity contribution in [2.75, 3.05) is 11.9 Å². The van der Waals surface area contributed by atoms with Crippen LogP contribution in [0.1, 0.15) is 54.4 Å². The monoisotopic (exact) mass is 530 g/mol. The molecule has 1 atom stereocenters. The summed E-state index contributed by atoms with van der Waals surface area (Å²) in [4.78, 5) is 34.3. The fourth-order valence-electron chi connectivity index (χ4n) is 5.09. The number of carbonyl (C=O) groups excluding carboxylic acids is 1. The van der Waals surface area contributed by atoms with Gasteiger partial charge in [-0.25, -0.2) is 13.2 Å². The van der Waals surface area contributed by atoms with Gasteiger partial charge < -0.3 is 15.7 Å². The fraction of sp³-hybridized carbons (Fsp3) is 0.440. The molecule has 198 valence electrons. The first-order chi connectivity index (χ1) is 17.7. The second-order valence-electron chi connectivity index (χ2n) is 9.38. The van der Waals surface area contributed by atoms with E-state index in [4.69, 9.17) is 5.11 Å². The Morgan fingerprint density at radius 3 is 2.19 bits per heavy atom. The summed E-state index contributed by atoms with van der Waals surface area (Å²) in [7, 11) is -4.16. The van der Waals surface area contributed by atoms with Gasteiger partial charge in [-0.15, -0.1) is 0 Å². The molecule has 12 heteroatoms. The number of hydrogen-bond acceptors (Lipinski definition) is 6. The van der Waals surface area contributed by atoms with Gasteiger partial charge in [-0.1, -0.05) is 6.07 Å². The predicted octanol–water partition coefficient (Wildman–Crippen LogP) is 3.30. The van der Waals surface area contributed by atoms with E-state index in [1.807, 2.05) is 0 Å². The standard InChI is InChI=1S/C25H30N4O7S/c30-24(27-23-20-7-3-5-16(20)15-17-6-4-8-21(17)23)22(9-1-2-14-26-25(31)32)28-37(35,36)19-12-10-18(11-13-19)29(33)34/h10-13,15,22,26,28H,1-9,14H2,(H,27,30)(H,31,32)/t22-/m0/s1. The van der Waals surface area contributed by atoms with Crippen molar-refractivity contribution < 1.29 is 28.0 Å². The van der Waals surface area contributed by atoms with Crippen molar-refractivity contribution in [2.45, 2.75) is 68.7 Å². The Morgan fingerprint density at radius 1 is 1.00 bits per heavy atom. The van der Waals surface area contributed by atoms with Crippen LogP contribution in [0.25, 0.3) is 0 Å². The van der Waals surface area contributed by atoms with E-state index in [0.717, 1.165) is 79.6 Å². The topological polar surface area (TPSA) is 168 Å². The van der Waals surface area contributed by atoms with Crippen molar-refractivity contribution >= 4 is 33.4 Å². The smallest absolute Gasteiger partial charge is 0.404 e. The summed E-state index contributed by atoms with van der Waals surface area (Å²) in [5.41, 5.74) is 5.27. The minimum Gasteiger partial charge on any atom is -0.465 e. The summed E-state index contributed by atoms with van der Waals surface area (Å²) >= 11 is 0. The number of carbonyl (C=O) groups is 2. The normalized spacial score (nSPS) is 15.0. The first kappa shape index (κ1) is 26.6. The van der Waals surface area contributed by atoms with Crippen molar-refractivity contribution in [2.24, 2.45) is 0 Å². The minimum absolute atomic E-state index is 0.149. The number of carboxylic acid groups (broad SMARTS) is 1. The Labute approximate surface area is 214 Å². The Balaban J connectivity index is 1.55. The van der Waals surface area contributed by atoms with Crippen LogP contribution in [0.3, 0.4) is 0 Å².